The van der Waals surface area contributed by atoms with Gasteiger partial charge >= 0.3 is 5.97 Å². The fourth-order valence-electron chi connectivity index (χ4n) is 3.64. The van der Waals surface area contributed by atoms with Crippen molar-refractivity contribution in [1.29, 1.82) is 0 Å². The molecule has 3 N–H and O–H groups in total. The normalized spacial score (nSPS) is 19.7. The van der Waals surface area contributed by atoms with Crippen LogP contribution < -0.4 is 10.0 Å². The number of nitrogens with zero attached hydrogens (tertiary/aromatic N) is 4. The summed E-state index contributed by atoms with van der Waals surface area (Å²) in [5.41, 5.74) is 2.32. The quantitative estimate of drug-likeness (QED) is 0.155. The summed E-state index contributed by atoms with van der Waals surface area (Å²) in [5, 5.41) is 23.3. The van der Waals surface area contributed by atoms with Crippen LogP contribution in [0.25, 0.3) is 0 Å². The second-order valence-corrected chi connectivity index (χ2v) is 12.6. The maximum absolute atomic E-state index is 13.1. The van der Waals surface area contributed by atoms with Crippen LogP contribution in [0.5, 0.6) is 0 Å². The molecule has 1 aromatic heterocycles. The molecule has 0 aliphatic carbocycles. The van der Waals surface area contributed by atoms with Crippen molar-refractivity contribution in [2.24, 2.45) is 5.16 Å². The van der Waals surface area contributed by atoms with Gasteiger partial charge in [-0.05, 0) is 17.7 Å². The van der Waals surface area contributed by atoms with E-state index in [1.54, 1.807) is 5.51 Å². The number of oxime groups is 1. The third-order valence-corrected chi connectivity index (χ3v) is 8.98. The Morgan fingerprint density at radius 2 is 2.16 bits per heavy atom. The van der Waals surface area contributed by atoms with Crippen molar-refractivity contribution < 1.29 is 32.7 Å². The molecule has 196 valence electrons. The third-order valence-electron chi connectivity index (χ3n) is 5.08. The van der Waals surface area contributed by atoms with Gasteiger partial charge in [0.25, 0.3) is 11.8 Å². The van der Waals surface area contributed by atoms with Crippen LogP contribution in [0, 0.1) is 0 Å². The van der Waals surface area contributed by atoms with Crippen LogP contribution in [0.3, 0.4) is 0 Å². The summed E-state index contributed by atoms with van der Waals surface area (Å²) in [6, 6.07) is 4.97. The number of β-lactam (4-membered cyclic amide) rings is 1. The van der Waals surface area contributed by atoms with Crippen LogP contribution >= 0.6 is 34.9 Å². The maximum Gasteiger partial charge on any atom is 0.352 e. The number of benzene rings is 1. The van der Waals surface area contributed by atoms with Crippen molar-refractivity contribution in [3.8, 4) is 0 Å². The van der Waals surface area contributed by atoms with Gasteiger partial charge in [0.15, 0.2) is 10.1 Å². The van der Waals surface area contributed by atoms with Gasteiger partial charge in [0.05, 0.1) is 6.26 Å². The number of carbonyl (C=O) groups is 3. The lowest BCUT2D eigenvalue weighted by Gasteiger charge is -2.49. The number of thioether (sulfide) groups is 2. The molecule has 37 heavy (non-hydrogen) atoms. The van der Waals surface area contributed by atoms with E-state index in [1.807, 2.05) is 0 Å². The lowest BCUT2D eigenvalue weighted by molar-refractivity contribution is -0.150. The highest BCUT2D eigenvalue weighted by Crippen LogP contribution is 2.41. The van der Waals surface area contributed by atoms with Gasteiger partial charge in [0.2, 0.25) is 10.0 Å². The number of hydrogen-bond acceptors (Lipinski definition) is 12. The van der Waals surface area contributed by atoms with E-state index in [1.165, 1.54) is 71.1 Å². The van der Waals surface area contributed by atoms with E-state index in [2.05, 4.69) is 25.4 Å². The second-order valence-electron chi connectivity index (χ2n) is 7.69. The van der Waals surface area contributed by atoms with E-state index < -0.39 is 39.2 Å². The average molecular weight is 585 g/mol. The Morgan fingerprint density at radius 3 is 2.81 bits per heavy atom. The van der Waals surface area contributed by atoms with Crippen LogP contribution in [0.15, 0.2) is 50.5 Å². The van der Waals surface area contributed by atoms with Crippen molar-refractivity contribution in [2.45, 2.75) is 15.8 Å². The Hall–Kier alpha value is -3.15. The number of carboxylic acid groups (broad SMARTS) is 1. The zero-order valence-corrected chi connectivity index (χ0v) is 22.5. The number of carboxylic acids is 1. The highest BCUT2D eigenvalue weighted by molar-refractivity contribution is 8.01. The lowest BCUT2D eigenvalue weighted by Crippen LogP contribution is -2.71. The first-order valence-electron chi connectivity index (χ1n) is 10.4. The lowest BCUT2D eigenvalue weighted by atomic mass is 10.0. The molecule has 2 amide bonds. The molecule has 2 aliphatic rings. The number of fused-ring (bicyclic) bond motifs is 1. The van der Waals surface area contributed by atoms with E-state index in [0.29, 0.717) is 21.4 Å². The molecular formula is C20H20N6O7S4. The van der Waals surface area contributed by atoms with E-state index in [-0.39, 0.29) is 22.7 Å². The Kier molecular flexibility index (Phi) is 8.05. The van der Waals surface area contributed by atoms with E-state index in [4.69, 9.17) is 4.84 Å². The molecule has 2 aromatic rings. The number of aromatic nitrogens is 2. The standard InChI is InChI=1S/C20H20N6O7S4/c1-33-24-13(10-4-3-5-12(6-10)25-37(2,31)32)16(27)22-14-17(28)26-15(19(29)30)11(7-34-18(14)26)8-35-20-23-21-9-36-20/h3-6,9,14,18,25H,7-8H2,1-2H3,(H,22,27)(H,29,30)/t14?,18-/m1/s1. The highest BCUT2D eigenvalue weighted by atomic mass is 32.2. The third kappa shape index (κ3) is 6.06. The van der Waals surface area contributed by atoms with Gasteiger partial charge in [-0.25, -0.2) is 13.2 Å². The number of rotatable bonds is 10. The SMILES string of the molecule is CON=C(C(=O)NC1C(=O)N2C(C(=O)O)=C(CSc3nncs3)CS[C@H]12)c1cccc(NS(C)(=O)=O)c1. The van der Waals surface area contributed by atoms with Crippen molar-refractivity contribution in [3.05, 3.63) is 46.6 Å². The molecule has 13 nitrogen and oxygen atoms in total. The zero-order chi connectivity index (χ0) is 26.7. The van der Waals surface area contributed by atoms with Crippen molar-refractivity contribution in [1.82, 2.24) is 20.4 Å². The molecule has 1 saturated heterocycles. The minimum absolute atomic E-state index is 0.0957. The minimum atomic E-state index is -3.55. The average Bonchev–Trinajstić information content (AvgIpc) is 3.36. The molecule has 2 atom stereocenters. The highest BCUT2D eigenvalue weighted by Gasteiger charge is 2.54. The maximum atomic E-state index is 13.1. The van der Waals surface area contributed by atoms with Gasteiger partial charge in [-0.15, -0.1) is 22.0 Å². The smallest absolute Gasteiger partial charge is 0.352 e. The number of sulfonamides is 1. The summed E-state index contributed by atoms with van der Waals surface area (Å²) in [6.45, 7) is 0. The predicted molar refractivity (Wildman–Crippen MR) is 139 cm³/mol. The van der Waals surface area contributed by atoms with Gasteiger partial charge in [-0.1, -0.05) is 40.4 Å². The minimum Gasteiger partial charge on any atom is -0.477 e. The fourth-order valence-corrected chi connectivity index (χ4v) is 7.17. The number of aliphatic carboxylic acids is 1. The van der Waals surface area contributed by atoms with Gasteiger partial charge < -0.3 is 15.3 Å². The summed E-state index contributed by atoms with van der Waals surface area (Å²) < 4.78 is 26.1. The molecule has 0 saturated carbocycles. The Balaban J connectivity index is 1.50. The molecule has 17 heteroatoms. The molecule has 2 aliphatic heterocycles. The van der Waals surface area contributed by atoms with Crippen molar-refractivity contribution in [3.63, 3.8) is 0 Å². The largest absolute Gasteiger partial charge is 0.477 e. The first-order valence-corrected chi connectivity index (χ1v) is 15.2. The molecule has 0 radical (unpaired) electrons. The van der Waals surface area contributed by atoms with Crippen LogP contribution in [0.2, 0.25) is 0 Å². The number of amides is 2. The molecule has 4 rings (SSSR count). The number of carbonyl (C=O) groups excluding carboxylic acids is 2. The van der Waals surface area contributed by atoms with Crippen LogP contribution in [-0.4, -0.2) is 88.4 Å². The van der Waals surface area contributed by atoms with E-state index in [9.17, 15) is 27.9 Å². The first-order chi connectivity index (χ1) is 17.6. The Bertz CT molecular complexity index is 1390. The Morgan fingerprint density at radius 1 is 1.38 bits per heavy atom. The van der Waals surface area contributed by atoms with Crippen LogP contribution in [-0.2, 0) is 29.2 Å². The van der Waals surface area contributed by atoms with Gasteiger partial charge in [0, 0.05) is 22.8 Å². The summed E-state index contributed by atoms with van der Waals surface area (Å²) in [6.07, 6.45) is 0.993. The number of hydrogen-bond donors (Lipinski definition) is 3. The molecule has 1 aromatic carbocycles. The molecule has 3 heterocycles. The first kappa shape index (κ1) is 26.9. The predicted octanol–water partition coefficient (Wildman–Crippen LogP) is 0.791. The zero-order valence-electron chi connectivity index (χ0n) is 19.3. The van der Waals surface area contributed by atoms with Crippen molar-refractivity contribution >= 4 is 74.1 Å². The summed E-state index contributed by atoms with van der Waals surface area (Å²) in [7, 11) is -2.31. The molecule has 1 fully saturated rings. The van der Waals surface area contributed by atoms with Crippen LogP contribution in [0.4, 0.5) is 5.69 Å². The van der Waals surface area contributed by atoms with E-state index in [0.717, 1.165) is 6.26 Å². The molecule has 1 unspecified atom stereocenters. The monoisotopic (exact) mass is 584 g/mol. The van der Waals surface area contributed by atoms with Gasteiger partial charge in [-0.3, -0.25) is 19.2 Å². The number of nitrogens with one attached hydrogen (secondary N) is 2. The second kappa shape index (κ2) is 11.1. The van der Waals surface area contributed by atoms with Gasteiger partial charge in [-0.2, -0.15) is 0 Å². The molecule has 0 spiro atoms. The summed E-state index contributed by atoms with van der Waals surface area (Å²) in [5.74, 6) is -1.85. The summed E-state index contributed by atoms with van der Waals surface area (Å²) >= 11 is 4.01. The van der Waals surface area contributed by atoms with E-state index >= 15 is 0 Å². The molecule has 0 bridgehead atoms. The summed E-state index contributed by atoms with van der Waals surface area (Å²) in [4.78, 5) is 44.1. The topological polar surface area (TPSA) is 180 Å². The van der Waals surface area contributed by atoms with Crippen molar-refractivity contribution in [2.75, 3.05) is 29.6 Å². The fraction of sp³-hybridized carbons (Fsp3) is 0.300. The van der Waals surface area contributed by atoms with Gasteiger partial charge in [0.1, 0.15) is 29.7 Å². The van der Waals surface area contributed by atoms with Crippen LogP contribution in [0.1, 0.15) is 5.56 Å². The molecular weight excluding hydrogens is 565 g/mol. The number of anilines is 1. The Labute approximate surface area is 223 Å².